The second-order valence-electron chi connectivity index (χ2n) is 11.8. The number of carbonyl (C=O) groups is 1. The molecule has 1 aliphatic heterocycles. The van der Waals surface area contributed by atoms with Gasteiger partial charge in [0.15, 0.2) is 11.5 Å². The molecular weight excluding hydrogens is 697 g/mol. The predicted molar refractivity (Wildman–Crippen MR) is 202 cm³/mol. The van der Waals surface area contributed by atoms with Gasteiger partial charge in [0.05, 0.1) is 35.3 Å². The number of aryl methyl sites for hydroxylation is 3. The first-order valence-electron chi connectivity index (χ1n) is 16.2. The summed E-state index contributed by atoms with van der Waals surface area (Å²) >= 11 is 12.6. The van der Waals surface area contributed by atoms with Gasteiger partial charge in [-0.3, -0.25) is 4.79 Å². The molecule has 0 spiro atoms. The molecule has 0 aliphatic carbocycles. The molecule has 1 heterocycles. The Morgan fingerprint density at radius 3 is 2.50 bits per heavy atom. The zero-order valence-electron chi connectivity index (χ0n) is 28.3. The number of benzene rings is 4. The lowest BCUT2D eigenvalue weighted by molar-refractivity contribution is -0.110. The number of aliphatic imine (C=N–C) groups is 2. The van der Waals surface area contributed by atoms with E-state index in [1.807, 2.05) is 62.9 Å². The van der Waals surface area contributed by atoms with Gasteiger partial charge < -0.3 is 20.1 Å². The summed E-state index contributed by atoms with van der Waals surface area (Å²) < 4.78 is 35.6. The van der Waals surface area contributed by atoms with Crippen molar-refractivity contribution in [3.05, 3.63) is 106 Å². The number of hydrogen-bond donors (Lipinski definition) is 2. The summed E-state index contributed by atoms with van der Waals surface area (Å²) in [6.45, 7) is 9.06. The number of fused-ring (bicyclic) bond motifs is 1. The molecule has 0 radical (unpaired) electrons. The van der Waals surface area contributed by atoms with Crippen molar-refractivity contribution < 1.29 is 23.1 Å². The highest BCUT2D eigenvalue weighted by molar-refractivity contribution is 7.90. The lowest BCUT2D eigenvalue weighted by Crippen LogP contribution is -2.47. The molecule has 2 N–H and O–H groups in total. The number of ether oxygens (including phenoxy) is 1. The number of anilines is 2. The highest BCUT2D eigenvalue weighted by Gasteiger charge is 2.38. The van der Waals surface area contributed by atoms with Crippen LogP contribution in [0.4, 0.5) is 22.7 Å². The smallest absolute Gasteiger partial charge is 0.278 e. The molecule has 0 saturated heterocycles. The third-order valence-electron chi connectivity index (χ3n) is 8.12. The number of para-hydroxylation sites is 1. The molecule has 262 valence electrons. The third kappa shape index (κ3) is 8.30. The maximum atomic E-state index is 14.2. The molecule has 1 aliphatic rings. The fourth-order valence-electron chi connectivity index (χ4n) is 5.57. The van der Waals surface area contributed by atoms with Gasteiger partial charge in [0.25, 0.3) is 15.9 Å². The number of amidine groups is 1. The molecule has 0 fully saturated rings. The molecule has 0 atom stereocenters. The Balaban J connectivity index is 1.58. The first-order valence-corrected chi connectivity index (χ1v) is 18.3. The van der Waals surface area contributed by atoms with Gasteiger partial charge >= 0.3 is 0 Å². The van der Waals surface area contributed by atoms with E-state index in [1.165, 1.54) is 12.1 Å². The van der Waals surface area contributed by atoms with E-state index in [0.29, 0.717) is 29.5 Å². The summed E-state index contributed by atoms with van der Waals surface area (Å²) in [4.78, 5) is 25.8. The molecule has 13 heteroatoms. The summed E-state index contributed by atoms with van der Waals surface area (Å²) in [5.41, 5.74) is 4.25. The van der Waals surface area contributed by atoms with Crippen LogP contribution in [-0.4, -0.2) is 68.1 Å². The van der Waals surface area contributed by atoms with Crippen molar-refractivity contribution in [1.29, 1.82) is 0 Å². The topological polar surface area (TPSA) is 124 Å². The van der Waals surface area contributed by atoms with Crippen molar-refractivity contribution >= 4 is 73.4 Å². The number of sulfonamides is 1. The van der Waals surface area contributed by atoms with Crippen molar-refractivity contribution in [3.63, 3.8) is 0 Å². The van der Waals surface area contributed by atoms with E-state index in [2.05, 4.69) is 5.32 Å². The van der Waals surface area contributed by atoms with Gasteiger partial charge in [-0.15, -0.1) is 0 Å². The highest BCUT2D eigenvalue weighted by atomic mass is 35.5. The number of likely N-dealkylation sites (N-methyl/N-ethyl adjacent to an activating group) is 1. The minimum Gasteiger partial charge on any atom is -0.493 e. The predicted octanol–water partition coefficient (Wildman–Crippen LogP) is 7.65. The number of nitrogens with one attached hydrogen (secondary N) is 1. The zero-order valence-corrected chi connectivity index (χ0v) is 30.6. The Labute approximate surface area is 303 Å². The lowest BCUT2D eigenvalue weighted by Gasteiger charge is -2.30. The zero-order chi connectivity index (χ0) is 36.0. The second-order valence-corrected chi connectivity index (χ2v) is 14.4. The molecular formula is C37H39Cl2N5O5S. The van der Waals surface area contributed by atoms with Gasteiger partial charge in [0.1, 0.15) is 10.6 Å². The quantitative estimate of drug-likeness (QED) is 0.107. The number of carbonyl (C=O) groups excluding carboxylic acids is 1. The van der Waals surface area contributed by atoms with Gasteiger partial charge in [-0.05, 0) is 93.4 Å². The van der Waals surface area contributed by atoms with E-state index >= 15 is 0 Å². The fourth-order valence-corrected chi connectivity index (χ4v) is 7.50. The molecule has 0 unspecified atom stereocenters. The molecule has 10 nitrogen and oxygen atoms in total. The maximum Gasteiger partial charge on any atom is 0.278 e. The van der Waals surface area contributed by atoms with E-state index in [9.17, 15) is 18.3 Å². The summed E-state index contributed by atoms with van der Waals surface area (Å²) in [6, 6.07) is 22.4. The van der Waals surface area contributed by atoms with Crippen molar-refractivity contribution in [2.45, 2.75) is 39.0 Å². The number of nitrogens with zero attached hydrogens (tertiary/aromatic N) is 4. The second kappa shape index (κ2) is 16.1. The lowest BCUT2D eigenvalue weighted by atomic mass is 10.1. The van der Waals surface area contributed by atoms with E-state index in [0.717, 1.165) is 26.7 Å². The highest BCUT2D eigenvalue weighted by Crippen LogP contribution is 2.34. The number of halogens is 2. The van der Waals surface area contributed by atoms with Gasteiger partial charge in [-0.2, -0.15) is 0 Å². The van der Waals surface area contributed by atoms with Crippen LogP contribution in [0.25, 0.3) is 0 Å². The van der Waals surface area contributed by atoms with Crippen LogP contribution in [0.2, 0.25) is 10.0 Å². The largest absolute Gasteiger partial charge is 0.493 e. The first kappa shape index (κ1) is 36.9. The summed E-state index contributed by atoms with van der Waals surface area (Å²) in [5.74, 6) is -0.182. The standard InChI is InChI=1S/C37H39Cl2N5O5S/c1-5-43(18-19-45)28-13-15-30(25(3)22-28)40-35(37(46)42-32-23-27(38)12-14-29(32)39)36-41-31-9-6-7-10-34(31)50(47,48)44(36)17-8-20-49-33-16-11-24(2)21-26(33)4/h6-7,9-16,21-23,45H,5,8,17-20H2,1-4H3,(H,42,46). The van der Waals surface area contributed by atoms with E-state index in [-0.39, 0.29) is 59.0 Å². The van der Waals surface area contributed by atoms with Crippen LogP contribution >= 0.6 is 23.2 Å². The average Bonchev–Trinajstić information content (AvgIpc) is 3.08. The van der Waals surface area contributed by atoms with Crippen LogP contribution in [-0.2, 0) is 14.8 Å². The normalized spacial score (nSPS) is 13.8. The number of aliphatic hydroxyl groups excluding tert-OH is 1. The van der Waals surface area contributed by atoms with E-state index in [1.54, 1.807) is 36.4 Å². The maximum absolute atomic E-state index is 14.2. The Bertz CT molecular complexity index is 2070. The van der Waals surface area contributed by atoms with Crippen LogP contribution in [0.5, 0.6) is 5.75 Å². The molecule has 0 bridgehead atoms. The minimum atomic E-state index is -4.18. The van der Waals surface area contributed by atoms with Gasteiger partial charge in [-0.1, -0.05) is 53.0 Å². The summed E-state index contributed by atoms with van der Waals surface area (Å²) in [5, 5.41) is 12.9. The van der Waals surface area contributed by atoms with Crippen LogP contribution in [0.15, 0.2) is 93.7 Å². The number of amides is 1. The first-order chi connectivity index (χ1) is 23.9. The van der Waals surface area contributed by atoms with Crippen LogP contribution < -0.4 is 15.0 Å². The van der Waals surface area contributed by atoms with Gasteiger partial charge in [-0.25, -0.2) is 22.7 Å². The molecule has 50 heavy (non-hydrogen) atoms. The minimum absolute atomic E-state index is 0.00948. The molecule has 0 aromatic heterocycles. The average molecular weight is 737 g/mol. The molecule has 1 amide bonds. The monoisotopic (exact) mass is 735 g/mol. The van der Waals surface area contributed by atoms with E-state index in [4.69, 9.17) is 37.9 Å². The number of hydrogen-bond acceptors (Lipinski definition) is 8. The Morgan fingerprint density at radius 1 is 1.00 bits per heavy atom. The van der Waals surface area contributed by atoms with Crippen LogP contribution in [0.3, 0.4) is 0 Å². The van der Waals surface area contributed by atoms with Crippen LogP contribution in [0, 0.1) is 20.8 Å². The molecule has 4 aromatic carbocycles. The molecule has 5 rings (SSSR count). The Hall–Kier alpha value is -4.42. The van der Waals surface area contributed by atoms with Crippen molar-refractivity contribution in [2.24, 2.45) is 9.98 Å². The third-order valence-corrected chi connectivity index (χ3v) is 10.5. The Morgan fingerprint density at radius 2 is 1.78 bits per heavy atom. The van der Waals surface area contributed by atoms with Gasteiger partial charge in [0, 0.05) is 36.8 Å². The van der Waals surface area contributed by atoms with Crippen molar-refractivity contribution in [3.8, 4) is 5.75 Å². The summed E-state index contributed by atoms with van der Waals surface area (Å²) in [6.07, 6.45) is 0.286. The number of rotatable bonds is 13. The molecule has 4 aromatic rings. The number of aliphatic hydroxyl groups is 1. The van der Waals surface area contributed by atoms with E-state index < -0.39 is 15.9 Å². The van der Waals surface area contributed by atoms with Crippen LogP contribution in [0.1, 0.15) is 30.0 Å². The summed E-state index contributed by atoms with van der Waals surface area (Å²) in [7, 11) is -4.18. The fraction of sp³-hybridized carbons (Fsp3) is 0.270. The Kier molecular flexibility index (Phi) is 11.8. The van der Waals surface area contributed by atoms with Crippen molar-refractivity contribution in [1.82, 2.24) is 4.31 Å². The molecule has 0 saturated carbocycles. The van der Waals surface area contributed by atoms with Gasteiger partial charge in [0.2, 0.25) is 0 Å². The van der Waals surface area contributed by atoms with Crippen molar-refractivity contribution in [2.75, 3.05) is 43.1 Å². The SMILES string of the molecule is CCN(CCO)c1ccc(N=C(C(=O)Nc2cc(Cl)ccc2Cl)C2=Nc3ccccc3S(=O)(=O)N2CCCOc2ccc(C)cc2C)c(C)c1.